The number of hydrogen-bond acceptors (Lipinski definition) is 4. The lowest BCUT2D eigenvalue weighted by Crippen LogP contribution is -2.49. The number of benzene rings is 2. The molecule has 1 saturated heterocycles. The predicted molar refractivity (Wildman–Crippen MR) is 102 cm³/mol. The van der Waals surface area contributed by atoms with Gasteiger partial charge in [-0.2, -0.15) is 0 Å². The van der Waals surface area contributed by atoms with Gasteiger partial charge in [-0.15, -0.1) is 0 Å². The van der Waals surface area contributed by atoms with E-state index >= 15 is 0 Å². The lowest BCUT2D eigenvalue weighted by atomic mass is 10.0. The van der Waals surface area contributed by atoms with E-state index < -0.39 is 4.92 Å². The topological polar surface area (TPSA) is 66.7 Å². The van der Waals surface area contributed by atoms with Crippen LogP contribution in [0, 0.1) is 24.0 Å². The van der Waals surface area contributed by atoms with Crippen LogP contribution >= 0.6 is 11.6 Å². The molecule has 0 spiro atoms. The Hall–Kier alpha value is -2.60. The van der Waals surface area contributed by atoms with E-state index in [0.29, 0.717) is 37.3 Å². The lowest BCUT2D eigenvalue weighted by molar-refractivity contribution is -0.385. The minimum Gasteiger partial charge on any atom is -0.368 e. The number of halogens is 1. The van der Waals surface area contributed by atoms with Crippen molar-refractivity contribution in [1.29, 1.82) is 0 Å². The first-order valence-electron chi connectivity index (χ1n) is 8.43. The summed E-state index contributed by atoms with van der Waals surface area (Å²) in [6.45, 7) is 6.13. The molecule has 3 rings (SSSR count). The second-order valence-electron chi connectivity index (χ2n) is 6.37. The van der Waals surface area contributed by atoms with Crippen LogP contribution in [0.2, 0.25) is 5.02 Å². The number of nitro benzene ring substituents is 1. The van der Waals surface area contributed by atoms with Crippen molar-refractivity contribution in [2.75, 3.05) is 31.1 Å². The number of piperazine rings is 1. The van der Waals surface area contributed by atoms with Gasteiger partial charge in [0.15, 0.2) is 0 Å². The average Bonchev–Trinajstić information content (AvgIpc) is 2.63. The molecule has 2 aromatic carbocycles. The number of rotatable bonds is 3. The third-order valence-corrected chi connectivity index (χ3v) is 5.29. The number of nitrogens with zero attached hydrogens (tertiary/aromatic N) is 3. The zero-order valence-electron chi connectivity index (χ0n) is 14.7. The van der Waals surface area contributed by atoms with Crippen LogP contribution in [0.4, 0.5) is 11.4 Å². The summed E-state index contributed by atoms with van der Waals surface area (Å²) in [5.74, 6) is -0.159. The van der Waals surface area contributed by atoms with Gasteiger partial charge in [-0.1, -0.05) is 23.7 Å². The molecule has 0 N–H and O–H groups in total. The minimum atomic E-state index is -0.452. The molecule has 136 valence electrons. The normalized spacial score (nSPS) is 14.4. The van der Waals surface area contributed by atoms with Crippen LogP contribution in [-0.2, 0) is 0 Å². The zero-order valence-corrected chi connectivity index (χ0v) is 15.5. The van der Waals surface area contributed by atoms with Crippen LogP contribution in [0.25, 0.3) is 0 Å². The highest BCUT2D eigenvalue weighted by molar-refractivity contribution is 6.31. The summed E-state index contributed by atoms with van der Waals surface area (Å²) in [7, 11) is 0. The van der Waals surface area contributed by atoms with E-state index in [0.717, 1.165) is 16.3 Å². The molecule has 0 aliphatic carbocycles. The van der Waals surface area contributed by atoms with Crippen molar-refractivity contribution in [3.63, 3.8) is 0 Å². The Morgan fingerprint density at radius 3 is 2.35 bits per heavy atom. The molecule has 1 heterocycles. The van der Waals surface area contributed by atoms with Crippen molar-refractivity contribution in [2.45, 2.75) is 13.8 Å². The number of nitro groups is 1. The molecule has 0 radical (unpaired) electrons. The summed E-state index contributed by atoms with van der Waals surface area (Å²) in [5, 5.41) is 11.8. The molecule has 1 aliphatic rings. The molecule has 1 aliphatic heterocycles. The van der Waals surface area contributed by atoms with Gasteiger partial charge >= 0.3 is 0 Å². The van der Waals surface area contributed by atoms with Gasteiger partial charge in [-0.05, 0) is 37.6 Å². The highest BCUT2D eigenvalue weighted by atomic mass is 35.5. The average molecular weight is 374 g/mol. The summed E-state index contributed by atoms with van der Waals surface area (Å²) in [4.78, 5) is 27.4. The van der Waals surface area contributed by atoms with Crippen molar-refractivity contribution in [3.8, 4) is 0 Å². The molecule has 6 nitrogen and oxygen atoms in total. The van der Waals surface area contributed by atoms with Gasteiger partial charge in [0.05, 0.1) is 4.92 Å². The number of amides is 1. The van der Waals surface area contributed by atoms with Crippen molar-refractivity contribution in [3.05, 3.63) is 68.2 Å². The monoisotopic (exact) mass is 373 g/mol. The highest BCUT2D eigenvalue weighted by Crippen LogP contribution is 2.28. The van der Waals surface area contributed by atoms with E-state index in [1.54, 1.807) is 24.0 Å². The SMILES string of the molecule is Cc1c(Cl)cccc1N1CCN(C(=O)c2cccc([N+](=O)[O-])c2C)CC1. The molecule has 0 bridgehead atoms. The maximum absolute atomic E-state index is 12.8. The third-order valence-electron chi connectivity index (χ3n) is 4.88. The van der Waals surface area contributed by atoms with Gasteiger partial charge in [0.25, 0.3) is 11.6 Å². The molecule has 7 heteroatoms. The molecule has 0 saturated carbocycles. The molecule has 0 aromatic heterocycles. The molecule has 26 heavy (non-hydrogen) atoms. The van der Waals surface area contributed by atoms with Crippen molar-refractivity contribution < 1.29 is 9.72 Å². The maximum Gasteiger partial charge on any atom is 0.273 e. The van der Waals surface area contributed by atoms with Crippen molar-refractivity contribution in [2.24, 2.45) is 0 Å². The predicted octanol–water partition coefficient (Wildman–Crippen LogP) is 3.83. The summed E-state index contributed by atoms with van der Waals surface area (Å²) in [6.07, 6.45) is 0. The molecule has 0 unspecified atom stereocenters. The number of anilines is 1. The summed E-state index contributed by atoms with van der Waals surface area (Å²) in [6, 6.07) is 10.5. The van der Waals surface area contributed by atoms with Gasteiger partial charge < -0.3 is 9.80 Å². The first-order valence-corrected chi connectivity index (χ1v) is 8.81. The second-order valence-corrected chi connectivity index (χ2v) is 6.78. The van der Waals surface area contributed by atoms with Crippen LogP contribution in [-0.4, -0.2) is 41.9 Å². The van der Waals surface area contributed by atoms with E-state index in [2.05, 4.69) is 4.90 Å². The molecule has 2 aromatic rings. The second kappa shape index (κ2) is 7.33. The lowest BCUT2D eigenvalue weighted by Gasteiger charge is -2.37. The number of carbonyl (C=O) groups excluding carboxylic acids is 1. The minimum absolute atomic E-state index is 0.0240. The number of carbonyl (C=O) groups is 1. The van der Waals surface area contributed by atoms with Gasteiger partial charge in [0, 0.05) is 54.1 Å². The molecule has 1 amide bonds. The van der Waals surface area contributed by atoms with Crippen LogP contribution < -0.4 is 4.90 Å². The fourth-order valence-electron chi connectivity index (χ4n) is 3.31. The summed E-state index contributed by atoms with van der Waals surface area (Å²) >= 11 is 6.20. The van der Waals surface area contributed by atoms with E-state index in [-0.39, 0.29) is 11.6 Å². The Kier molecular flexibility index (Phi) is 5.13. The third kappa shape index (κ3) is 3.37. The largest absolute Gasteiger partial charge is 0.368 e. The Morgan fingerprint density at radius 1 is 1.04 bits per heavy atom. The smallest absolute Gasteiger partial charge is 0.273 e. The Labute approximate surface area is 157 Å². The molecule has 1 fully saturated rings. The van der Waals surface area contributed by atoms with Crippen LogP contribution in [0.5, 0.6) is 0 Å². The number of hydrogen-bond donors (Lipinski definition) is 0. The van der Waals surface area contributed by atoms with Crippen LogP contribution in [0.1, 0.15) is 21.5 Å². The van der Waals surface area contributed by atoms with Gasteiger partial charge in [0.2, 0.25) is 0 Å². The quantitative estimate of drug-likeness (QED) is 0.605. The van der Waals surface area contributed by atoms with Gasteiger partial charge in [-0.25, -0.2) is 0 Å². The van der Waals surface area contributed by atoms with E-state index in [1.165, 1.54) is 6.07 Å². The fraction of sp³-hybridized carbons (Fsp3) is 0.316. The Balaban J connectivity index is 1.74. The maximum atomic E-state index is 12.8. The molecular weight excluding hydrogens is 354 g/mol. The van der Waals surface area contributed by atoms with Crippen LogP contribution in [0.3, 0.4) is 0 Å². The fourth-order valence-corrected chi connectivity index (χ4v) is 3.48. The van der Waals surface area contributed by atoms with Crippen molar-refractivity contribution >= 4 is 28.9 Å². The Bertz CT molecular complexity index is 861. The van der Waals surface area contributed by atoms with Crippen LogP contribution in [0.15, 0.2) is 36.4 Å². The highest BCUT2D eigenvalue weighted by Gasteiger charge is 2.26. The standard InChI is InChI=1S/C19H20ClN3O3/c1-13-15(5-3-8-18(13)23(25)26)19(24)22-11-9-21(10-12-22)17-7-4-6-16(20)14(17)2/h3-8H,9-12H2,1-2H3. The van der Waals surface area contributed by atoms with Gasteiger partial charge in [0.1, 0.15) is 0 Å². The first-order chi connectivity index (χ1) is 12.4. The first kappa shape index (κ1) is 18.2. The van der Waals surface area contributed by atoms with E-state index in [9.17, 15) is 14.9 Å². The Morgan fingerprint density at radius 2 is 1.69 bits per heavy atom. The summed E-state index contributed by atoms with van der Waals surface area (Å²) < 4.78 is 0. The van der Waals surface area contributed by atoms with Gasteiger partial charge in [-0.3, -0.25) is 14.9 Å². The van der Waals surface area contributed by atoms with E-state index in [1.807, 2.05) is 25.1 Å². The van der Waals surface area contributed by atoms with Crippen molar-refractivity contribution in [1.82, 2.24) is 4.90 Å². The summed E-state index contributed by atoms with van der Waals surface area (Å²) in [5.41, 5.74) is 2.89. The van der Waals surface area contributed by atoms with E-state index in [4.69, 9.17) is 11.6 Å². The molecular formula is C19H20ClN3O3. The zero-order chi connectivity index (χ0) is 18.8. The molecule has 0 atom stereocenters.